The quantitative estimate of drug-likeness (QED) is 0.881. The monoisotopic (exact) mass is 270 g/mol. The number of rotatable bonds is 5. The third kappa shape index (κ3) is 4.61. The predicted octanol–water partition coefficient (Wildman–Crippen LogP) is 4.19. The molecule has 0 aliphatic heterocycles. The van der Waals surface area contributed by atoms with Gasteiger partial charge in [-0.15, -0.1) is 0 Å². The fourth-order valence-electron chi connectivity index (χ4n) is 2.37. The maximum Gasteiger partial charge on any atom is 0.0705 e. The highest BCUT2D eigenvalue weighted by Gasteiger charge is 2.10. The Hall–Kier alpha value is -1.41. The number of nitrogens with zero attached hydrogens (tertiary/aromatic N) is 1. The number of benzene rings is 1. The lowest BCUT2D eigenvalue weighted by atomic mass is 10.00. The lowest BCUT2D eigenvalue weighted by Gasteiger charge is -2.21. The van der Waals surface area contributed by atoms with Gasteiger partial charge in [0, 0.05) is 16.6 Å². The minimum absolute atomic E-state index is 0.209. The predicted molar refractivity (Wildman–Crippen MR) is 87.0 cm³/mol. The molecule has 0 saturated heterocycles. The van der Waals surface area contributed by atoms with Crippen LogP contribution in [0.4, 0.5) is 0 Å². The smallest absolute Gasteiger partial charge is 0.0705 e. The van der Waals surface area contributed by atoms with Crippen molar-refractivity contribution in [2.24, 2.45) is 5.92 Å². The molecule has 0 bridgehead atoms. The molecule has 0 amide bonds. The summed E-state index contributed by atoms with van der Waals surface area (Å²) in [6.07, 6.45) is 2.24. The molecule has 2 nitrogen and oxygen atoms in total. The summed E-state index contributed by atoms with van der Waals surface area (Å²) in [5, 5.41) is 4.77. The van der Waals surface area contributed by atoms with Crippen LogP contribution in [0.5, 0.6) is 0 Å². The highest BCUT2D eigenvalue weighted by atomic mass is 14.9. The highest BCUT2D eigenvalue weighted by molar-refractivity contribution is 5.78. The molecule has 1 atom stereocenters. The van der Waals surface area contributed by atoms with Crippen molar-refractivity contribution in [1.29, 1.82) is 0 Å². The van der Waals surface area contributed by atoms with E-state index in [1.807, 2.05) is 0 Å². The number of hydrogen-bond donors (Lipinski definition) is 1. The molecule has 0 aliphatic carbocycles. The normalized spacial score (nSPS) is 13.6. The van der Waals surface area contributed by atoms with Gasteiger partial charge in [0.25, 0.3) is 0 Å². The molecular weight excluding hydrogens is 244 g/mol. The van der Waals surface area contributed by atoms with Crippen LogP contribution in [0.3, 0.4) is 0 Å². The summed E-state index contributed by atoms with van der Waals surface area (Å²) in [7, 11) is 0. The summed E-state index contributed by atoms with van der Waals surface area (Å²) in [4.78, 5) is 4.75. The van der Waals surface area contributed by atoms with Crippen LogP contribution in [0.2, 0.25) is 0 Å². The van der Waals surface area contributed by atoms with Crippen LogP contribution in [0.15, 0.2) is 36.4 Å². The fourth-order valence-corrected chi connectivity index (χ4v) is 2.37. The summed E-state index contributed by atoms with van der Waals surface area (Å²) in [5.74, 6) is 0.651. The van der Waals surface area contributed by atoms with Gasteiger partial charge in [0.15, 0.2) is 0 Å². The Bertz CT molecular complexity index is 555. The molecule has 2 aromatic rings. The molecule has 0 spiro atoms. The molecule has 108 valence electrons. The fraction of sp³-hybridized carbons (Fsp3) is 0.500. The van der Waals surface area contributed by atoms with E-state index in [0.717, 1.165) is 18.5 Å². The molecule has 1 N–H and O–H groups in total. The summed E-state index contributed by atoms with van der Waals surface area (Å²) in [6, 6.07) is 12.7. The third-order valence-corrected chi connectivity index (χ3v) is 3.51. The van der Waals surface area contributed by atoms with Crippen LogP contribution in [-0.4, -0.2) is 17.1 Å². The SMILES string of the molecule is CC(CCNC(C)(C)C)Cc1ccc2ccccc2n1. The van der Waals surface area contributed by atoms with Crippen LogP contribution in [-0.2, 0) is 6.42 Å². The second-order valence-electron chi connectivity index (χ2n) is 6.77. The number of pyridine rings is 1. The van der Waals surface area contributed by atoms with E-state index in [4.69, 9.17) is 4.98 Å². The van der Waals surface area contributed by atoms with E-state index in [1.54, 1.807) is 0 Å². The van der Waals surface area contributed by atoms with Crippen molar-refractivity contribution in [1.82, 2.24) is 10.3 Å². The Labute approximate surface area is 122 Å². The molecule has 2 rings (SSSR count). The van der Waals surface area contributed by atoms with E-state index in [-0.39, 0.29) is 5.54 Å². The molecule has 0 saturated carbocycles. The van der Waals surface area contributed by atoms with Crippen molar-refractivity contribution in [2.75, 3.05) is 6.54 Å². The third-order valence-electron chi connectivity index (χ3n) is 3.51. The van der Waals surface area contributed by atoms with Crippen molar-refractivity contribution in [2.45, 2.75) is 46.1 Å². The minimum atomic E-state index is 0.209. The van der Waals surface area contributed by atoms with Gasteiger partial charge < -0.3 is 5.32 Å². The lowest BCUT2D eigenvalue weighted by Crippen LogP contribution is -2.37. The van der Waals surface area contributed by atoms with Crippen molar-refractivity contribution in [3.63, 3.8) is 0 Å². The Morgan fingerprint density at radius 2 is 1.85 bits per heavy atom. The van der Waals surface area contributed by atoms with Crippen molar-refractivity contribution in [3.05, 3.63) is 42.1 Å². The first-order valence-electron chi connectivity index (χ1n) is 7.54. The van der Waals surface area contributed by atoms with E-state index in [2.05, 4.69) is 69.4 Å². The van der Waals surface area contributed by atoms with E-state index < -0.39 is 0 Å². The van der Waals surface area contributed by atoms with E-state index in [9.17, 15) is 0 Å². The van der Waals surface area contributed by atoms with Gasteiger partial charge in [0.2, 0.25) is 0 Å². The molecule has 1 aromatic carbocycles. The van der Waals surface area contributed by atoms with Gasteiger partial charge in [-0.05, 0) is 58.2 Å². The summed E-state index contributed by atoms with van der Waals surface area (Å²) < 4.78 is 0. The zero-order valence-corrected chi connectivity index (χ0v) is 13.1. The Morgan fingerprint density at radius 1 is 1.10 bits per heavy atom. The molecule has 1 unspecified atom stereocenters. The van der Waals surface area contributed by atoms with Crippen molar-refractivity contribution < 1.29 is 0 Å². The molecule has 2 heteroatoms. The average Bonchev–Trinajstić information content (AvgIpc) is 2.37. The molecule has 1 heterocycles. The van der Waals surface area contributed by atoms with Crippen LogP contribution in [0.25, 0.3) is 10.9 Å². The number of hydrogen-bond acceptors (Lipinski definition) is 2. The second kappa shape index (κ2) is 6.36. The maximum absolute atomic E-state index is 4.75. The topological polar surface area (TPSA) is 24.9 Å². The first-order chi connectivity index (χ1) is 9.44. The molecule has 0 radical (unpaired) electrons. The van der Waals surface area contributed by atoms with Crippen molar-refractivity contribution in [3.8, 4) is 0 Å². The standard InChI is InChI=1S/C18H26N2/c1-14(11-12-19-18(2,3)4)13-16-10-9-15-7-5-6-8-17(15)20-16/h5-10,14,19H,11-13H2,1-4H3. The molecule has 0 aliphatic rings. The first-order valence-corrected chi connectivity index (χ1v) is 7.54. The molecule has 1 aromatic heterocycles. The minimum Gasteiger partial charge on any atom is -0.312 e. The first kappa shape index (κ1) is 15.0. The van der Waals surface area contributed by atoms with Crippen LogP contribution in [0, 0.1) is 5.92 Å². The molecular formula is C18H26N2. The Kier molecular flexibility index (Phi) is 4.77. The van der Waals surface area contributed by atoms with E-state index in [0.29, 0.717) is 5.92 Å². The Balaban J connectivity index is 1.91. The van der Waals surface area contributed by atoms with E-state index in [1.165, 1.54) is 17.5 Å². The van der Waals surface area contributed by atoms with Crippen LogP contribution >= 0.6 is 0 Å². The number of aromatic nitrogens is 1. The second-order valence-corrected chi connectivity index (χ2v) is 6.77. The van der Waals surface area contributed by atoms with Gasteiger partial charge in [0.05, 0.1) is 5.52 Å². The largest absolute Gasteiger partial charge is 0.312 e. The van der Waals surface area contributed by atoms with Crippen molar-refractivity contribution >= 4 is 10.9 Å². The molecule has 20 heavy (non-hydrogen) atoms. The zero-order valence-electron chi connectivity index (χ0n) is 13.1. The number of para-hydroxylation sites is 1. The van der Waals surface area contributed by atoms with Crippen LogP contribution in [0.1, 0.15) is 39.8 Å². The van der Waals surface area contributed by atoms with Gasteiger partial charge in [-0.25, -0.2) is 0 Å². The lowest BCUT2D eigenvalue weighted by molar-refractivity contribution is 0.393. The van der Waals surface area contributed by atoms with Gasteiger partial charge in [-0.2, -0.15) is 0 Å². The van der Waals surface area contributed by atoms with Crippen LogP contribution < -0.4 is 5.32 Å². The van der Waals surface area contributed by atoms with Gasteiger partial charge in [-0.3, -0.25) is 4.98 Å². The average molecular weight is 270 g/mol. The summed E-state index contributed by atoms with van der Waals surface area (Å²) in [6.45, 7) is 10.0. The number of fused-ring (bicyclic) bond motifs is 1. The summed E-state index contributed by atoms with van der Waals surface area (Å²) >= 11 is 0. The van der Waals surface area contributed by atoms with Gasteiger partial charge in [-0.1, -0.05) is 31.2 Å². The molecule has 0 fully saturated rings. The van der Waals surface area contributed by atoms with Gasteiger partial charge >= 0.3 is 0 Å². The Morgan fingerprint density at radius 3 is 2.60 bits per heavy atom. The van der Waals surface area contributed by atoms with Gasteiger partial charge in [0.1, 0.15) is 0 Å². The number of nitrogens with one attached hydrogen (secondary N) is 1. The highest BCUT2D eigenvalue weighted by Crippen LogP contribution is 2.15. The maximum atomic E-state index is 4.75. The zero-order chi connectivity index (χ0) is 14.6. The summed E-state index contributed by atoms with van der Waals surface area (Å²) in [5.41, 5.74) is 2.51. The van der Waals surface area contributed by atoms with E-state index >= 15 is 0 Å².